The van der Waals surface area contributed by atoms with E-state index in [0.29, 0.717) is 5.56 Å². The van der Waals surface area contributed by atoms with Gasteiger partial charge in [-0.05, 0) is 28.9 Å². The van der Waals surface area contributed by atoms with Crippen LogP contribution in [0.15, 0.2) is 40.9 Å². The van der Waals surface area contributed by atoms with E-state index in [-0.39, 0.29) is 18.1 Å². The van der Waals surface area contributed by atoms with Crippen molar-refractivity contribution in [3.63, 3.8) is 0 Å². The van der Waals surface area contributed by atoms with Gasteiger partial charge in [0.05, 0.1) is 12.0 Å². The van der Waals surface area contributed by atoms with Crippen LogP contribution >= 0.6 is 11.6 Å². The predicted molar refractivity (Wildman–Crippen MR) is 62.5 cm³/mol. The highest BCUT2D eigenvalue weighted by Gasteiger charge is 2.13. The Kier molecular flexibility index (Phi) is 3.74. The second-order valence-electron chi connectivity index (χ2n) is 3.42. The molecule has 0 unspecified atom stereocenters. The molecule has 0 N–H and O–H groups in total. The maximum Gasteiger partial charge on any atom is 0.344 e. The number of halogens is 1. The molecule has 1 aromatic carbocycles. The molecule has 0 spiro atoms. The molecule has 0 aliphatic carbocycles. The van der Waals surface area contributed by atoms with Crippen molar-refractivity contribution in [1.29, 1.82) is 0 Å². The summed E-state index contributed by atoms with van der Waals surface area (Å²) in [6, 6.07) is 9.81. The molecule has 92 valence electrons. The number of esters is 1. The van der Waals surface area contributed by atoms with Gasteiger partial charge in [-0.2, -0.15) is 0 Å². The van der Waals surface area contributed by atoms with E-state index in [1.807, 2.05) is 0 Å². The predicted octanol–water partition coefficient (Wildman–Crippen LogP) is 2.20. The average Bonchev–Trinajstić information content (AvgIpc) is 2.76. The van der Waals surface area contributed by atoms with Gasteiger partial charge >= 0.3 is 5.97 Å². The molecule has 0 fully saturated rings. The highest BCUT2D eigenvalue weighted by Crippen LogP contribution is 2.14. The van der Waals surface area contributed by atoms with Gasteiger partial charge in [-0.3, -0.25) is 4.79 Å². The minimum atomic E-state index is -0.577. The molecular weight excluding hydrogens is 258 g/mol. The highest BCUT2D eigenvalue weighted by molar-refractivity contribution is 6.63. The van der Waals surface area contributed by atoms with Gasteiger partial charge in [0.1, 0.15) is 5.76 Å². The minimum Gasteiger partial charge on any atom is -0.400 e. The Morgan fingerprint density at radius 2 is 2.00 bits per heavy atom. The largest absolute Gasteiger partial charge is 0.400 e. The number of rotatable bonds is 4. The summed E-state index contributed by atoms with van der Waals surface area (Å²) < 4.78 is 9.74. The number of hydrogen-bond donors (Lipinski definition) is 0. The van der Waals surface area contributed by atoms with Gasteiger partial charge in [0.2, 0.25) is 5.24 Å². The summed E-state index contributed by atoms with van der Waals surface area (Å²) in [6.45, 7) is 0. The van der Waals surface area contributed by atoms with Crippen molar-refractivity contribution in [3.8, 4) is 5.88 Å². The second kappa shape index (κ2) is 5.46. The highest BCUT2D eigenvalue weighted by atomic mass is 35.5. The molecule has 0 amide bonds. The summed E-state index contributed by atoms with van der Waals surface area (Å²) >= 11 is 5.19. The standard InChI is InChI=1S/C12H8ClNO4/c13-10(15)6-9-7-11(14-18-9)17-12(16)8-4-2-1-3-5-8/h1-5,7H,6H2. The van der Waals surface area contributed by atoms with Crippen molar-refractivity contribution in [2.24, 2.45) is 0 Å². The number of aromatic nitrogens is 1. The minimum absolute atomic E-state index is 0.00299. The lowest BCUT2D eigenvalue weighted by molar-refractivity contribution is -0.111. The Labute approximate surface area is 107 Å². The smallest absolute Gasteiger partial charge is 0.344 e. The zero-order valence-electron chi connectivity index (χ0n) is 9.13. The van der Waals surface area contributed by atoms with Crippen LogP contribution in [0, 0.1) is 0 Å². The van der Waals surface area contributed by atoms with E-state index < -0.39 is 11.2 Å². The van der Waals surface area contributed by atoms with E-state index in [0.717, 1.165) is 0 Å². The first-order valence-corrected chi connectivity index (χ1v) is 5.44. The Morgan fingerprint density at radius 3 is 2.67 bits per heavy atom. The van der Waals surface area contributed by atoms with Crippen LogP contribution in [0.4, 0.5) is 0 Å². The van der Waals surface area contributed by atoms with Crippen molar-refractivity contribution >= 4 is 22.8 Å². The van der Waals surface area contributed by atoms with Crippen molar-refractivity contribution in [1.82, 2.24) is 5.16 Å². The molecule has 0 bridgehead atoms. The van der Waals surface area contributed by atoms with Gasteiger partial charge in [0.15, 0.2) is 0 Å². The normalized spacial score (nSPS) is 10.1. The Hall–Kier alpha value is -2.14. The SMILES string of the molecule is O=C(Cl)Cc1cc(OC(=O)c2ccccc2)no1. The van der Waals surface area contributed by atoms with Gasteiger partial charge in [0.25, 0.3) is 5.88 Å². The lowest BCUT2D eigenvalue weighted by Crippen LogP contribution is -2.08. The first-order valence-electron chi connectivity index (χ1n) is 5.06. The van der Waals surface area contributed by atoms with Gasteiger partial charge in [-0.1, -0.05) is 18.2 Å². The summed E-state index contributed by atoms with van der Waals surface area (Å²) in [6.07, 6.45) is -0.0998. The lowest BCUT2D eigenvalue weighted by atomic mass is 10.2. The van der Waals surface area contributed by atoms with Crippen molar-refractivity contribution in [3.05, 3.63) is 47.7 Å². The number of benzene rings is 1. The van der Waals surface area contributed by atoms with E-state index in [1.165, 1.54) is 6.07 Å². The number of carbonyl (C=O) groups is 2. The molecule has 5 nitrogen and oxygen atoms in total. The topological polar surface area (TPSA) is 69.4 Å². The van der Waals surface area contributed by atoms with Crippen LogP contribution in [0.5, 0.6) is 5.88 Å². The fourth-order valence-corrected chi connectivity index (χ4v) is 1.42. The maximum atomic E-state index is 11.6. The van der Waals surface area contributed by atoms with Crippen LogP contribution in [-0.2, 0) is 11.2 Å². The number of ether oxygens (including phenoxy) is 1. The first-order chi connectivity index (χ1) is 8.65. The third-order valence-electron chi connectivity index (χ3n) is 2.06. The zero-order chi connectivity index (χ0) is 13.0. The molecule has 2 aromatic rings. The Morgan fingerprint density at radius 1 is 1.28 bits per heavy atom. The van der Waals surface area contributed by atoms with Crippen LogP contribution in [0.1, 0.15) is 16.1 Å². The van der Waals surface area contributed by atoms with Crippen molar-refractivity contribution in [2.75, 3.05) is 0 Å². The van der Waals surface area contributed by atoms with Gasteiger partial charge in [-0.25, -0.2) is 4.79 Å². The van der Waals surface area contributed by atoms with Crippen LogP contribution in [0.25, 0.3) is 0 Å². The molecule has 0 aliphatic heterocycles. The van der Waals surface area contributed by atoms with E-state index in [9.17, 15) is 9.59 Å². The fourth-order valence-electron chi connectivity index (χ4n) is 1.29. The average molecular weight is 266 g/mol. The number of hydrogen-bond acceptors (Lipinski definition) is 5. The zero-order valence-corrected chi connectivity index (χ0v) is 9.89. The van der Waals surface area contributed by atoms with E-state index in [4.69, 9.17) is 20.9 Å². The Bertz CT molecular complexity index is 564. The first kappa shape index (κ1) is 12.3. The summed E-state index contributed by atoms with van der Waals surface area (Å²) in [7, 11) is 0. The van der Waals surface area contributed by atoms with E-state index in [1.54, 1.807) is 30.3 Å². The third-order valence-corrected chi connectivity index (χ3v) is 2.19. The maximum absolute atomic E-state index is 11.6. The lowest BCUT2D eigenvalue weighted by Gasteiger charge is -1.98. The molecular formula is C12H8ClNO4. The summed E-state index contributed by atoms with van der Waals surface area (Å²) in [5, 5.41) is 2.93. The quantitative estimate of drug-likeness (QED) is 0.626. The van der Waals surface area contributed by atoms with Crippen LogP contribution in [0.2, 0.25) is 0 Å². The fraction of sp³-hybridized carbons (Fsp3) is 0.0833. The molecule has 0 aliphatic rings. The Balaban J connectivity index is 2.04. The second-order valence-corrected chi connectivity index (χ2v) is 3.84. The third kappa shape index (κ3) is 3.18. The summed E-state index contributed by atoms with van der Waals surface area (Å²) in [5.41, 5.74) is 0.399. The molecule has 6 heteroatoms. The molecule has 18 heavy (non-hydrogen) atoms. The number of carbonyl (C=O) groups excluding carboxylic acids is 2. The molecule has 1 heterocycles. The van der Waals surface area contributed by atoms with E-state index >= 15 is 0 Å². The monoisotopic (exact) mass is 265 g/mol. The molecule has 0 atom stereocenters. The molecule has 0 saturated heterocycles. The molecule has 1 aromatic heterocycles. The van der Waals surface area contributed by atoms with Gasteiger partial charge in [0, 0.05) is 6.07 Å². The summed E-state index contributed by atoms with van der Waals surface area (Å²) in [4.78, 5) is 22.3. The van der Waals surface area contributed by atoms with Crippen molar-refractivity contribution < 1.29 is 18.8 Å². The number of nitrogens with zero attached hydrogens (tertiary/aromatic N) is 1. The summed E-state index contributed by atoms with van der Waals surface area (Å²) in [5.74, 6) is -0.310. The molecule has 0 saturated carbocycles. The van der Waals surface area contributed by atoms with Crippen LogP contribution < -0.4 is 4.74 Å². The van der Waals surface area contributed by atoms with Crippen molar-refractivity contribution in [2.45, 2.75) is 6.42 Å². The molecule has 2 rings (SSSR count). The van der Waals surface area contributed by atoms with Gasteiger partial charge < -0.3 is 9.26 Å². The van der Waals surface area contributed by atoms with Gasteiger partial charge in [-0.15, -0.1) is 0 Å². The molecule has 0 radical (unpaired) electrons. The van der Waals surface area contributed by atoms with Crippen LogP contribution in [-0.4, -0.2) is 16.4 Å². The van der Waals surface area contributed by atoms with Crippen LogP contribution in [0.3, 0.4) is 0 Å². The van der Waals surface area contributed by atoms with E-state index in [2.05, 4.69) is 5.16 Å².